The average Bonchev–Trinajstić information content (AvgIpc) is 3.44. The first kappa shape index (κ1) is 30.5. The number of carbonyl (C=O) groups excluding carboxylic acids is 2. The van der Waals surface area contributed by atoms with Gasteiger partial charge in [0.2, 0.25) is 21.8 Å². The fourth-order valence-corrected chi connectivity index (χ4v) is 6.10. The molecule has 1 aliphatic rings. The average molecular weight is 600 g/mol. The number of hydrogen-bond donors (Lipinski definition) is 1. The Balaban J connectivity index is 1.74. The minimum atomic E-state index is -3.93. The summed E-state index contributed by atoms with van der Waals surface area (Å²) in [6.45, 7) is 0.983. The Labute approximate surface area is 246 Å². The third kappa shape index (κ3) is 8.07. The molecule has 0 aliphatic heterocycles. The molecule has 218 valence electrons. The zero-order chi connectivity index (χ0) is 29.6. The van der Waals surface area contributed by atoms with Crippen molar-refractivity contribution in [3.05, 3.63) is 100 Å². The second-order valence-electron chi connectivity index (χ2n) is 10.5. The molecule has 1 saturated carbocycles. The topological polar surface area (TPSA) is 86.8 Å². The van der Waals surface area contributed by atoms with E-state index in [0.29, 0.717) is 5.02 Å². The summed E-state index contributed by atoms with van der Waals surface area (Å²) in [5, 5.41) is 3.44. The third-order valence-corrected chi connectivity index (χ3v) is 8.94. The molecule has 3 aromatic carbocycles. The molecule has 0 radical (unpaired) electrons. The number of hydrogen-bond acceptors (Lipinski definition) is 4. The number of carbonyl (C=O) groups is 2. The molecule has 41 heavy (non-hydrogen) atoms. The lowest BCUT2D eigenvalue weighted by Gasteiger charge is -2.34. The van der Waals surface area contributed by atoms with Crippen LogP contribution in [0.1, 0.15) is 42.4 Å². The Hall–Kier alpha value is -3.43. The van der Waals surface area contributed by atoms with Crippen LogP contribution in [0, 0.1) is 12.7 Å². The van der Waals surface area contributed by atoms with Gasteiger partial charge in [0.15, 0.2) is 0 Å². The predicted octanol–water partition coefficient (Wildman–Crippen LogP) is 5.25. The molecule has 2 amide bonds. The number of nitrogens with one attached hydrogen (secondary N) is 1. The van der Waals surface area contributed by atoms with E-state index in [0.717, 1.165) is 47.4 Å². The van der Waals surface area contributed by atoms with Gasteiger partial charge in [0, 0.05) is 29.6 Å². The molecule has 0 heterocycles. The van der Waals surface area contributed by atoms with E-state index >= 15 is 0 Å². The SMILES string of the molecule is Cc1ccc(N(CC(=O)N(Cc2ccccc2F)[C@@H](Cc2ccccc2)C(=O)NC2CCCC2)S(C)(=O)=O)cc1Cl. The van der Waals surface area contributed by atoms with E-state index < -0.39 is 34.3 Å². The van der Waals surface area contributed by atoms with Crippen molar-refractivity contribution in [3.8, 4) is 0 Å². The first-order valence-electron chi connectivity index (χ1n) is 13.6. The van der Waals surface area contributed by atoms with E-state index in [-0.39, 0.29) is 36.2 Å². The number of anilines is 1. The van der Waals surface area contributed by atoms with E-state index in [9.17, 15) is 22.4 Å². The highest BCUT2D eigenvalue weighted by molar-refractivity contribution is 7.92. The summed E-state index contributed by atoms with van der Waals surface area (Å²) >= 11 is 6.28. The molecule has 0 spiro atoms. The molecule has 4 rings (SSSR count). The van der Waals surface area contributed by atoms with E-state index in [1.54, 1.807) is 37.3 Å². The molecule has 1 atom stereocenters. The molecule has 0 saturated heterocycles. The third-order valence-electron chi connectivity index (χ3n) is 7.39. The maximum Gasteiger partial charge on any atom is 0.244 e. The first-order chi connectivity index (χ1) is 19.5. The van der Waals surface area contributed by atoms with Crippen LogP contribution in [-0.4, -0.2) is 50.0 Å². The van der Waals surface area contributed by atoms with Gasteiger partial charge in [-0.1, -0.05) is 79.0 Å². The number of nitrogens with zero attached hydrogens (tertiary/aromatic N) is 2. The van der Waals surface area contributed by atoms with Crippen molar-refractivity contribution in [1.29, 1.82) is 0 Å². The number of rotatable bonds is 11. The van der Waals surface area contributed by atoms with Gasteiger partial charge in [-0.2, -0.15) is 0 Å². The van der Waals surface area contributed by atoms with Crippen molar-refractivity contribution in [1.82, 2.24) is 10.2 Å². The zero-order valence-corrected chi connectivity index (χ0v) is 24.8. The van der Waals surface area contributed by atoms with E-state index in [4.69, 9.17) is 11.6 Å². The van der Waals surface area contributed by atoms with Crippen molar-refractivity contribution in [2.45, 2.75) is 57.7 Å². The summed E-state index contributed by atoms with van der Waals surface area (Å²) in [6.07, 6.45) is 4.89. The van der Waals surface area contributed by atoms with Gasteiger partial charge in [0.1, 0.15) is 18.4 Å². The minimum absolute atomic E-state index is 0.00611. The normalized spacial score (nSPS) is 14.4. The zero-order valence-electron chi connectivity index (χ0n) is 23.2. The van der Waals surface area contributed by atoms with E-state index in [2.05, 4.69) is 5.32 Å². The van der Waals surface area contributed by atoms with E-state index in [1.165, 1.54) is 17.0 Å². The van der Waals surface area contributed by atoms with Crippen LogP contribution in [-0.2, 0) is 32.6 Å². The van der Waals surface area contributed by atoms with E-state index in [1.807, 2.05) is 30.3 Å². The second-order valence-corrected chi connectivity index (χ2v) is 12.8. The van der Waals surface area contributed by atoms with Gasteiger partial charge in [-0.05, 0) is 49.1 Å². The Bertz CT molecular complexity index is 1480. The van der Waals surface area contributed by atoms with Crippen LogP contribution >= 0.6 is 11.6 Å². The minimum Gasteiger partial charge on any atom is -0.352 e. The molecule has 0 unspecified atom stereocenters. The number of sulfonamides is 1. The van der Waals surface area contributed by atoms with Crippen molar-refractivity contribution in [3.63, 3.8) is 0 Å². The van der Waals surface area contributed by atoms with Crippen molar-refractivity contribution >= 4 is 39.1 Å². The fourth-order valence-electron chi connectivity index (χ4n) is 5.08. The number of halogens is 2. The smallest absolute Gasteiger partial charge is 0.244 e. The summed E-state index contributed by atoms with van der Waals surface area (Å²) in [5.41, 5.74) is 2.01. The van der Waals surface area contributed by atoms with Crippen LogP contribution in [0.2, 0.25) is 5.02 Å². The lowest BCUT2D eigenvalue weighted by Crippen LogP contribution is -2.54. The maximum atomic E-state index is 14.9. The van der Waals surface area contributed by atoms with Gasteiger partial charge in [0.05, 0.1) is 11.9 Å². The van der Waals surface area contributed by atoms with Crippen LogP contribution in [0.25, 0.3) is 0 Å². The van der Waals surface area contributed by atoms with Crippen molar-refractivity contribution < 1.29 is 22.4 Å². The number of amides is 2. The van der Waals surface area contributed by atoms with Crippen LogP contribution in [0.15, 0.2) is 72.8 Å². The predicted molar refractivity (Wildman–Crippen MR) is 160 cm³/mol. The maximum absolute atomic E-state index is 14.9. The Morgan fingerprint density at radius 2 is 1.68 bits per heavy atom. The van der Waals surface area contributed by atoms with Gasteiger partial charge in [0.25, 0.3) is 0 Å². The van der Waals surface area contributed by atoms with Crippen molar-refractivity contribution in [2.75, 3.05) is 17.1 Å². The van der Waals surface area contributed by atoms with Gasteiger partial charge < -0.3 is 10.2 Å². The highest BCUT2D eigenvalue weighted by Crippen LogP contribution is 2.26. The van der Waals surface area contributed by atoms with Gasteiger partial charge in [-0.3, -0.25) is 13.9 Å². The molecule has 1 fully saturated rings. The lowest BCUT2D eigenvalue weighted by atomic mass is 10.0. The van der Waals surface area contributed by atoms with Gasteiger partial charge >= 0.3 is 0 Å². The molecule has 1 aliphatic carbocycles. The second kappa shape index (κ2) is 13.5. The molecule has 7 nitrogen and oxygen atoms in total. The fraction of sp³-hybridized carbons (Fsp3) is 0.355. The summed E-state index contributed by atoms with van der Waals surface area (Å²) in [6, 6.07) is 19.0. The van der Waals surface area contributed by atoms with Crippen LogP contribution in [0.3, 0.4) is 0 Å². The van der Waals surface area contributed by atoms with Crippen LogP contribution < -0.4 is 9.62 Å². The number of benzene rings is 3. The molecular formula is C31H35ClFN3O4S. The molecule has 0 aromatic heterocycles. The van der Waals surface area contributed by atoms with Crippen LogP contribution in [0.4, 0.5) is 10.1 Å². The van der Waals surface area contributed by atoms with Gasteiger partial charge in [-0.15, -0.1) is 0 Å². The molecule has 0 bridgehead atoms. The lowest BCUT2D eigenvalue weighted by molar-refractivity contribution is -0.140. The molecule has 1 N–H and O–H groups in total. The quantitative estimate of drug-likeness (QED) is 0.326. The van der Waals surface area contributed by atoms with Crippen molar-refractivity contribution in [2.24, 2.45) is 0 Å². The van der Waals surface area contributed by atoms with Crippen LogP contribution in [0.5, 0.6) is 0 Å². The Kier molecular flexibility index (Phi) is 10.0. The highest BCUT2D eigenvalue weighted by Gasteiger charge is 2.34. The monoisotopic (exact) mass is 599 g/mol. The summed E-state index contributed by atoms with van der Waals surface area (Å²) < 4.78 is 41.6. The highest BCUT2D eigenvalue weighted by atomic mass is 35.5. The Morgan fingerprint density at radius 3 is 2.32 bits per heavy atom. The van der Waals surface area contributed by atoms with Gasteiger partial charge in [-0.25, -0.2) is 12.8 Å². The summed E-state index contributed by atoms with van der Waals surface area (Å²) in [4.78, 5) is 29.2. The molecule has 3 aromatic rings. The standard InChI is InChI=1S/C31H35ClFN3O4S/c1-22-16-17-26(19-27(22)32)36(41(2,39)40)21-30(37)35(20-24-12-6-9-15-28(24)33)29(18-23-10-4-3-5-11-23)31(38)34-25-13-7-8-14-25/h3-6,9-12,15-17,19,25,29H,7-8,13-14,18,20-21H2,1-2H3,(H,34,38)/t29-/m0/s1. The number of aryl methyl sites for hydroxylation is 1. The summed E-state index contributed by atoms with van der Waals surface area (Å²) in [5.74, 6) is -1.52. The summed E-state index contributed by atoms with van der Waals surface area (Å²) in [7, 11) is -3.93. The molecular weight excluding hydrogens is 565 g/mol. The Morgan fingerprint density at radius 1 is 1.02 bits per heavy atom. The first-order valence-corrected chi connectivity index (χ1v) is 15.9. The molecule has 10 heteroatoms. The largest absolute Gasteiger partial charge is 0.352 e.